The molecule has 1 amide bonds. The van der Waals surface area contributed by atoms with Crippen LogP contribution >= 0.6 is 0 Å². The third-order valence-electron chi connectivity index (χ3n) is 5.21. The molecule has 5 rings (SSSR count). The van der Waals surface area contributed by atoms with Crippen molar-refractivity contribution in [1.82, 2.24) is 15.1 Å². The monoisotopic (exact) mass is 427 g/mol. The van der Waals surface area contributed by atoms with Crippen LogP contribution in [0.15, 0.2) is 79.0 Å². The van der Waals surface area contributed by atoms with E-state index in [4.69, 9.17) is 19.3 Å². The molecule has 1 N–H and O–H groups in total. The van der Waals surface area contributed by atoms with Gasteiger partial charge in [0.1, 0.15) is 11.4 Å². The minimum atomic E-state index is -0.220. The highest BCUT2D eigenvalue weighted by molar-refractivity contribution is 6.00. The maximum Gasteiger partial charge on any atom is 0.255 e. The number of carbonyl (C=O) groups excluding carboxylic acids is 1. The van der Waals surface area contributed by atoms with Crippen LogP contribution in [0.25, 0.3) is 16.9 Å². The lowest BCUT2D eigenvalue weighted by Crippen LogP contribution is -2.23. The Morgan fingerprint density at radius 3 is 2.72 bits per heavy atom. The largest absolute Gasteiger partial charge is 0.497 e. The summed E-state index contributed by atoms with van der Waals surface area (Å²) in [7, 11) is 1.61. The zero-order valence-corrected chi connectivity index (χ0v) is 17.4. The molecule has 0 bridgehead atoms. The number of nitrogens with zero attached hydrogens (tertiary/aromatic N) is 2. The van der Waals surface area contributed by atoms with E-state index in [1.165, 1.54) is 0 Å². The number of methoxy groups -OCH3 is 1. The lowest BCUT2D eigenvalue weighted by molar-refractivity contribution is 0.0951. The second-order valence-corrected chi connectivity index (χ2v) is 7.27. The van der Waals surface area contributed by atoms with Crippen molar-refractivity contribution in [3.05, 3.63) is 90.1 Å². The molecule has 4 aromatic rings. The zero-order valence-electron chi connectivity index (χ0n) is 17.4. The van der Waals surface area contributed by atoms with Gasteiger partial charge in [0, 0.05) is 18.3 Å². The van der Waals surface area contributed by atoms with Crippen molar-refractivity contribution in [2.24, 2.45) is 0 Å². The van der Waals surface area contributed by atoms with Crippen molar-refractivity contribution in [3.63, 3.8) is 0 Å². The number of carbonyl (C=O) groups is 1. The molecule has 0 unspecified atom stereocenters. The maximum atomic E-state index is 13.2. The number of hydrogen-bond acceptors (Lipinski definition) is 5. The number of nitrogens with one attached hydrogen (secondary N) is 1. The third kappa shape index (κ3) is 3.88. The van der Waals surface area contributed by atoms with Crippen LogP contribution in [0.3, 0.4) is 0 Å². The van der Waals surface area contributed by atoms with Crippen LogP contribution in [0.5, 0.6) is 17.2 Å². The molecule has 0 aliphatic carbocycles. The standard InChI is InChI=1S/C25H21N3O4/c1-30-20-9-5-6-18(13-20)24-21(15-28(27-24)19-7-3-2-4-8-19)25(29)26-14-17-10-11-22-23(12-17)32-16-31-22/h2-13,15H,14,16H2,1H3,(H,26,29). The Hall–Kier alpha value is -4.26. The fourth-order valence-electron chi connectivity index (χ4n) is 3.57. The first-order chi connectivity index (χ1) is 15.7. The van der Waals surface area contributed by atoms with Crippen molar-refractivity contribution in [2.45, 2.75) is 6.54 Å². The number of amides is 1. The van der Waals surface area contributed by atoms with Gasteiger partial charge in [0.2, 0.25) is 6.79 Å². The average molecular weight is 427 g/mol. The Morgan fingerprint density at radius 2 is 1.88 bits per heavy atom. The van der Waals surface area contributed by atoms with Crippen molar-refractivity contribution in [2.75, 3.05) is 13.9 Å². The predicted molar refractivity (Wildman–Crippen MR) is 119 cm³/mol. The SMILES string of the molecule is COc1cccc(-c2nn(-c3ccccc3)cc2C(=O)NCc2ccc3c(c2)OCO3)c1. The number of benzene rings is 3. The first kappa shape index (κ1) is 19.7. The van der Waals surface area contributed by atoms with Crippen LogP contribution < -0.4 is 19.5 Å². The molecule has 0 fully saturated rings. The molecule has 1 aromatic heterocycles. The van der Waals surface area contributed by atoms with Crippen molar-refractivity contribution >= 4 is 5.91 Å². The average Bonchev–Trinajstić information content (AvgIpc) is 3.50. The van der Waals surface area contributed by atoms with Crippen LogP contribution in [0, 0.1) is 0 Å². The summed E-state index contributed by atoms with van der Waals surface area (Å²) in [6.07, 6.45) is 1.75. The Bertz CT molecular complexity index is 1270. The van der Waals surface area contributed by atoms with E-state index in [1.807, 2.05) is 72.8 Å². The second-order valence-electron chi connectivity index (χ2n) is 7.27. The van der Waals surface area contributed by atoms with Crippen LogP contribution in [0.2, 0.25) is 0 Å². The van der Waals surface area contributed by atoms with Gasteiger partial charge in [-0.05, 0) is 42.0 Å². The molecule has 7 heteroatoms. The van der Waals surface area contributed by atoms with E-state index in [0.29, 0.717) is 35.1 Å². The summed E-state index contributed by atoms with van der Waals surface area (Å²) in [5, 5.41) is 7.70. The Labute approximate surface area is 185 Å². The van der Waals surface area contributed by atoms with Gasteiger partial charge in [-0.3, -0.25) is 4.79 Å². The normalized spacial score (nSPS) is 11.9. The molecule has 0 atom stereocenters. The van der Waals surface area contributed by atoms with Gasteiger partial charge in [0.05, 0.1) is 18.4 Å². The van der Waals surface area contributed by atoms with Crippen LogP contribution in [-0.2, 0) is 6.54 Å². The molecule has 2 heterocycles. The van der Waals surface area contributed by atoms with E-state index < -0.39 is 0 Å². The summed E-state index contributed by atoms with van der Waals surface area (Å²) in [5.74, 6) is 1.88. The molecule has 0 spiro atoms. The molecule has 0 saturated carbocycles. The molecule has 1 aliphatic rings. The molecule has 32 heavy (non-hydrogen) atoms. The summed E-state index contributed by atoms with van der Waals surface area (Å²) in [5.41, 5.74) is 3.64. The summed E-state index contributed by atoms with van der Waals surface area (Å²) >= 11 is 0. The molecular weight excluding hydrogens is 406 g/mol. The molecule has 160 valence electrons. The quantitative estimate of drug-likeness (QED) is 0.499. The number of para-hydroxylation sites is 1. The molecule has 0 saturated heterocycles. The van der Waals surface area contributed by atoms with E-state index >= 15 is 0 Å². The highest BCUT2D eigenvalue weighted by Crippen LogP contribution is 2.32. The Kier molecular flexibility index (Phi) is 5.21. The smallest absolute Gasteiger partial charge is 0.255 e. The number of rotatable bonds is 6. The van der Waals surface area contributed by atoms with Gasteiger partial charge < -0.3 is 19.5 Å². The molecular formula is C25H21N3O4. The van der Waals surface area contributed by atoms with Gasteiger partial charge in [0.25, 0.3) is 5.91 Å². The second kappa shape index (κ2) is 8.47. The third-order valence-corrected chi connectivity index (χ3v) is 5.21. The molecule has 1 aliphatic heterocycles. The summed E-state index contributed by atoms with van der Waals surface area (Å²) in [4.78, 5) is 13.2. The Morgan fingerprint density at radius 1 is 1.03 bits per heavy atom. The number of fused-ring (bicyclic) bond motifs is 1. The number of aromatic nitrogens is 2. The summed E-state index contributed by atoms with van der Waals surface area (Å²) < 4.78 is 17.8. The van der Waals surface area contributed by atoms with E-state index in [0.717, 1.165) is 16.8 Å². The maximum absolute atomic E-state index is 13.2. The van der Waals surface area contributed by atoms with Gasteiger partial charge in [-0.15, -0.1) is 0 Å². The van der Waals surface area contributed by atoms with Crippen LogP contribution in [0.4, 0.5) is 0 Å². The minimum Gasteiger partial charge on any atom is -0.497 e. The van der Waals surface area contributed by atoms with E-state index in [-0.39, 0.29) is 12.7 Å². The van der Waals surface area contributed by atoms with Crippen LogP contribution in [0.1, 0.15) is 15.9 Å². The zero-order chi connectivity index (χ0) is 21.9. The predicted octanol–water partition coefficient (Wildman–Crippen LogP) is 4.21. The van der Waals surface area contributed by atoms with Gasteiger partial charge in [-0.2, -0.15) is 5.10 Å². The van der Waals surface area contributed by atoms with Crippen molar-refractivity contribution < 1.29 is 19.0 Å². The van der Waals surface area contributed by atoms with Gasteiger partial charge in [-0.1, -0.05) is 36.4 Å². The molecule has 3 aromatic carbocycles. The van der Waals surface area contributed by atoms with Gasteiger partial charge in [0.15, 0.2) is 11.5 Å². The number of ether oxygens (including phenoxy) is 3. The highest BCUT2D eigenvalue weighted by Gasteiger charge is 2.20. The van der Waals surface area contributed by atoms with Crippen molar-refractivity contribution in [1.29, 1.82) is 0 Å². The summed E-state index contributed by atoms with van der Waals surface area (Å²) in [6.45, 7) is 0.567. The fourth-order valence-corrected chi connectivity index (χ4v) is 3.57. The first-order valence-electron chi connectivity index (χ1n) is 10.2. The van der Waals surface area contributed by atoms with E-state index in [9.17, 15) is 4.79 Å². The van der Waals surface area contributed by atoms with E-state index in [2.05, 4.69) is 5.32 Å². The lowest BCUT2D eigenvalue weighted by Gasteiger charge is -2.07. The topological polar surface area (TPSA) is 74.6 Å². The van der Waals surface area contributed by atoms with Gasteiger partial charge >= 0.3 is 0 Å². The van der Waals surface area contributed by atoms with Crippen molar-refractivity contribution in [3.8, 4) is 34.2 Å². The van der Waals surface area contributed by atoms with Gasteiger partial charge in [-0.25, -0.2) is 4.68 Å². The minimum absolute atomic E-state index is 0.216. The van der Waals surface area contributed by atoms with Crippen LogP contribution in [-0.4, -0.2) is 29.6 Å². The number of hydrogen-bond donors (Lipinski definition) is 1. The fraction of sp³-hybridized carbons (Fsp3) is 0.120. The summed E-state index contributed by atoms with van der Waals surface area (Å²) in [6, 6.07) is 22.8. The first-order valence-corrected chi connectivity index (χ1v) is 10.2. The molecule has 0 radical (unpaired) electrons. The lowest BCUT2D eigenvalue weighted by atomic mass is 10.1. The van der Waals surface area contributed by atoms with E-state index in [1.54, 1.807) is 18.0 Å². The highest BCUT2D eigenvalue weighted by atomic mass is 16.7. The molecule has 7 nitrogen and oxygen atoms in total. The Balaban J connectivity index is 1.45.